The Morgan fingerprint density at radius 2 is 2.16 bits per heavy atom. The largest absolute Gasteiger partial charge is 0.381 e. The van der Waals surface area contributed by atoms with E-state index in [0.717, 1.165) is 45.7 Å². The van der Waals surface area contributed by atoms with Gasteiger partial charge in [0, 0.05) is 31.7 Å². The van der Waals surface area contributed by atoms with Crippen LogP contribution in [-0.2, 0) is 14.6 Å². The maximum Gasteiger partial charge on any atom is 0.151 e. The molecule has 2 fully saturated rings. The van der Waals surface area contributed by atoms with Gasteiger partial charge in [-0.15, -0.1) is 0 Å². The fourth-order valence-electron chi connectivity index (χ4n) is 3.01. The molecular formula is C13H26N2O3S. The molecule has 2 atom stereocenters. The molecule has 0 aromatic rings. The summed E-state index contributed by atoms with van der Waals surface area (Å²) in [5.41, 5.74) is 0. The van der Waals surface area contributed by atoms with Gasteiger partial charge in [-0.1, -0.05) is 6.92 Å². The Labute approximate surface area is 116 Å². The van der Waals surface area contributed by atoms with Gasteiger partial charge in [-0.2, -0.15) is 0 Å². The molecule has 0 bridgehead atoms. The van der Waals surface area contributed by atoms with Gasteiger partial charge in [-0.25, -0.2) is 8.42 Å². The van der Waals surface area contributed by atoms with Crippen molar-refractivity contribution in [2.24, 2.45) is 5.92 Å². The molecule has 2 heterocycles. The van der Waals surface area contributed by atoms with Gasteiger partial charge in [-0.3, -0.25) is 0 Å². The summed E-state index contributed by atoms with van der Waals surface area (Å²) < 4.78 is 28.8. The van der Waals surface area contributed by atoms with E-state index in [1.54, 1.807) is 0 Å². The zero-order valence-corrected chi connectivity index (χ0v) is 12.6. The lowest BCUT2D eigenvalue weighted by molar-refractivity contribution is 0.0179. The van der Waals surface area contributed by atoms with Gasteiger partial charge in [0.1, 0.15) is 0 Å². The third-order valence-corrected chi connectivity index (χ3v) is 5.80. The number of hydrogen-bond donors (Lipinski definition) is 1. The van der Waals surface area contributed by atoms with Crippen molar-refractivity contribution < 1.29 is 13.2 Å². The van der Waals surface area contributed by atoms with E-state index >= 15 is 0 Å². The number of nitrogens with zero attached hydrogens (tertiary/aromatic N) is 1. The van der Waals surface area contributed by atoms with E-state index in [1.165, 1.54) is 0 Å². The Kier molecular flexibility index (Phi) is 5.62. The minimum atomic E-state index is -2.81. The van der Waals surface area contributed by atoms with Crippen molar-refractivity contribution in [1.29, 1.82) is 0 Å². The molecule has 0 amide bonds. The Morgan fingerprint density at radius 3 is 2.95 bits per heavy atom. The zero-order valence-electron chi connectivity index (χ0n) is 11.8. The van der Waals surface area contributed by atoms with E-state index < -0.39 is 9.84 Å². The van der Waals surface area contributed by atoms with E-state index in [2.05, 4.69) is 17.1 Å². The number of rotatable bonds is 4. The van der Waals surface area contributed by atoms with Crippen LogP contribution in [0.4, 0.5) is 0 Å². The second-order valence-corrected chi connectivity index (χ2v) is 7.90. The Morgan fingerprint density at radius 1 is 1.32 bits per heavy atom. The molecule has 2 rings (SSSR count). The third kappa shape index (κ3) is 4.70. The van der Waals surface area contributed by atoms with E-state index in [4.69, 9.17) is 4.74 Å². The quantitative estimate of drug-likeness (QED) is 0.797. The molecule has 0 radical (unpaired) electrons. The van der Waals surface area contributed by atoms with Crippen LogP contribution in [0.15, 0.2) is 0 Å². The van der Waals surface area contributed by atoms with Crippen LogP contribution < -0.4 is 5.32 Å². The maximum absolute atomic E-state index is 11.6. The molecule has 0 spiro atoms. The second kappa shape index (κ2) is 7.02. The molecule has 0 saturated carbocycles. The van der Waals surface area contributed by atoms with Crippen molar-refractivity contribution in [3.8, 4) is 0 Å². The summed E-state index contributed by atoms with van der Waals surface area (Å²) >= 11 is 0. The summed E-state index contributed by atoms with van der Waals surface area (Å²) in [6.07, 6.45) is 1.83. The average molecular weight is 290 g/mol. The highest BCUT2D eigenvalue weighted by atomic mass is 32.2. The molecule has 2 aliphatic rings. The van der Waals surface area contributed by atoms with Crippen molar-refractivity contribution in [2.75, 3.05) is 50.9 Å². The molecule has 6 heteroatoms. The summed E-state index contributed by atoms with van der Waals surface area (Å²) in [6, 6.07) is 0.513. The van der Waals surface area contributed by atoms with Gasteiger partial charge in [0.15, 0.2) is 9.84 Å². The summed E-state index contributed by atoms with van der Waals surface area (Å²) in [4.78, 5) is 2.30. The molecule has 1 N–H and O–H groups in total. The standard InChI is InChI=1S/C13H26N2O3S/c1-2-14-13-4-7-18-11-12(13)10-15-5-3-8-19(16,17)9-6-15/h12-14H,2-11H2,1H3. The van der Waals surface area contributed by atoms with E-state index in [-0.39, 0.29) is 0 Å². The number of nitrogens with one attached hydrogen (secondary N) is 1. The molecule has 2 aliphatic heterocycles. The van der Waals surface area contributed by atoms with Crippen molar-refractivity contribution in [1.82, 2.24) is 10.2 Å². The molecule has 19 heavy (non-hydrogen) atoms. The van der Waals surface area contributed by atoms with Gasteiger partial charge in [0.05, 0.1) is 18.1 Å². The molecule has 2 saturated heterocycles. The predicted molar refractivity (Wildman–Crippen MR) is 76.1 cm³/mol. The lowest BCUT2D eigenvalue weighted by Crippen LogP contribution is -2.48. The van der Waals surface area contributed by atoms with Crippen LogP contribution in [0.2, 0.25) is 0 Å². The molecule has 2 unspecified atom stereocenters. The number of ether oxygens (including phenoxy) is 1. The third-order valence-electron chi connectivity index (χ3n) is 4.08. The van der Waals surface area contributed by atoms with Crippen molar-refractivity contribution in [3.05, 3.63) is 0 Å². The van der Waals surface area contributed by atoms with Crippen LogP contribution in [0.5, 0.6) is 0 Å². The topological polar surface area (TPSA) is 58.6 Å². The van der Waals surface area contributed by atoms with Gasteiger partial charge < -0.3 is 15.0 Å². The van der Waals surface area contributed by atoms with Gasteiger partial charge in [-0.05, 0) is 25.9 Å². The molecule has 0 aliphatic carbocycles. The summed E-state index contributed by atoms with van der Waals surface area (Å²) in [7, 11) is -2.81. The second-order valence-electron chi connectivity index (χ2n) is 5.59. The Balaban J connectivity index is 1.88. The normalized spacial score (nSPS) is 32.9. The summed E-state index contributed by atoms with van der Waals surface area (Å²) in [6.45, 7) is 7.27. The predicted octanol–water partition coefficient (Wildman–Crippen LogP) is 0.122. The fourth-order valence-corrected chi connectivity index (χ4v) is 4.32. The highest BCUT2D eigenvalue weighted by molar-refractivity contribution is 7.91. The molecule has 0 aromatic carbocycles. The number of hydrogen-bond acceptors (Lipinski definition) is 5. The van der Waals surface area contributed by atoms with Crippen LogP contribution in [0, 0.1) is 5.92 Å². The van der Waals surface area contributed by atoms with Crippen LogP contribution in [0.25, 0.3) is 0 Å². The smallest absolute Gasteiger partial charge is 0.151 e. The van der Waals surface area contributed by atoms with Crippen molar-refractivity contribution in [3.63, 3.8) is 0 Å². The fraction of sp³-hybridized carbons (Fsp3) is 1.00. The lowest BCUT2D eigenvalue weighted by atomic mass is 9.95. The van der Waals surface area contributed by atoms with Crippen LogP contribution in [-0.4, -0.2) is 70.3 Å². The van der Waals surface area contributed by atoms with E-state index in [9.17, 15) is 8.42 Å². The average Bonchev–Trinajstić information content (AvgIpc) is 2.54. The molecule has 0 aromatic heterocycles. The van der Waals surface area contributed by atoms with E-state index in [0.29, 0.717) is 30.0 Å². The van der Waals surface area contributed by atoms with E-state index in [1.807, 2.05) is 0 Å². The lowest BCUT2D eigenvalue weighted by Gasteiger charge is -2.35. The van der Waals surface area contributed by atoms with Crippen molar-refractivity contribution in [2.45, 2.75) is 25.8 Å². The Bertz CT molecular complexity index is 370. The minimum absolute atomic E-state index is 0.312. The van der Waals surface area contributed by atoms with Crippen molar-refractivity contribution >= 4 is 9.84 Å². The first kappa shape index (κ1) is 15.2. The first-order chi connectivity index (χ1) is 9.11. The number of sulfone groups is 1. The van der Waals surface area contributed by atoms with Crippen LogP contribution >= 0.6 is 0 Å². The monoisotopic (exact) mass is 290 g/mol. The molecule has 5 nitrogen and oxygen atoms in total. The summed E-state index contributed by atoms with van der Waals surface area (Å²) in [5, 5.41) is 3.53. The zero-order chi connectivity index (χ0) is 13.7. The maximum atomic E-state index is 11.6. The van der Waals surface area contributed by atoms with Gasteiger partial charge in [0.2, 0.25) is 0 Å². The molecule has 112 valence electrons. The first-order valence-electron chi connectivity index (χ1n) is 7.34. The van der Waals surface area contributed by atoms with Gasteiger partial charge in [0.25, 0.3) is 0 Å². The Hall–Kier alpha value is -0.170. The highest BCUT2D eigenvalue weighted by Crippen LogP contribution is 2.17. The molecular weight excluding hydrogens is 264 g/mol. The van der Waals surface area contributed by atoms with Crippen LogP contribution in [0.1, 0.15) is 19.8 Å². The summed E-state index contributed by atoms with van der Waals surface area (Å²) in [5.74, 6) is 1.14. The SMILES string of the molecule is CCNC1CCOCC1CN1CCCS(=O)(=O)CC1. The minimum Gasteiger partial charge on any atom is -0.381 e. The highest BCUT2D eigenvalue weighted by Gasteiger charge is 2.28. The first-order valence-corrected chi connectivity index (χ1v) is 9.17. The van der Waals surface area contributed by atoms with Crippen LogP contribution in [0.3, 0.4) is 0 Å². The van der Waals surface area contributed by atoms with Gasteiger partial charge >= 0.3 is 0 Å².